The van der Waals surface area contributed by atoms with Crippen LogP contribution in [-0.2, 0) is 9.59 Å². The predicted molar refractivity (Wildman–Crippen MR) is 127 cm³/mol. The fourth-order valence-electron chi connectivity index (χ4n) is 3.45. The van der Waals surface area contributed by atoms with E-state index in [0.717, 1.165) is 21.7 Å². The molecule has 1 aliphatic rings. The number of ether oxygens (including phenoxy) is 1. The molecule has 1 fully saturated rings. The second-order valence-electron chi connectivity index (χ2n) is 7.19. The second kappa shape index (κ2) is 9.24. The van der Waals surface area contributed by atoms with E-state index in [1.54, 1.807) is 12.1 Å². The second-order valence-corrected chi connectivity index (χ2v) is 8.18. The lowest BCUT2D eigenvalue weighted by molar-refractivity contribution is -0.386. The minimum atomic E-state index is -0.793. The number of imide groups is 1. The Kier molecular flexibility index (Phi) is 6.19. The third-order valence-corrected chi connectivity index (χ3v) is 5.94. The van der Waals surface area contributed by atoms with Crippen LogP contribution < -0.4 is 10.1 Å². The summed E-state index contributed by atoms with van der Waals surface area (Å²) in [5, 5.41) is 24.9. The smallest absolute Gasteiger partial charge is 0.315 e. The first-order chi connectivity index (χ1) is 16.3. The van der Waals surface area contributed by atoms with E-state index in [1.165, 1.54) is 19.3 Å². The molecule has 4 rings (SSSR count). The first-order valence-corrected chi connectivity index (χ1v) is 10.7. The number of amides is 3. The number of thioether (sulfide) groups is 1. The van der Waals surface area contributed by atoms with Crippen LogP contribution in [0.15, 0.2) is 59.5 Å². The molecule has 1 aliphatic heterocycles. The molecule has 10 nitrogen and oxygen atoms in total. The van der Waals surface area contributed by atoms with Gasteiger partial charge in [0.15, 0.2) is 5.75 Å². The van der Waals surface area contributed by atoms with E-state index < -0.39 is 40.0 Å². The van der Waals surface area contributed by atoms with E-state index in [0.29, 0.717) is 17.4 Å². The molecule has 0 bridgehead atoms. The summed E-state index contributed by atoms with van der Waals surface area (Å²) < 4.78 is 4.94. The Bertz CT molecular complexity index is 1380. The van der Waals surface area contributed by atoms with Gasteiger partial charge in [-0.3, -0.25) is 29.4 Å². The largest absolute Gasteiger partial charge is 0.500 e. The van der Waals surface area contributed by atoms with Crippen molar-refractivity contribution in [2.45, 2.75) is 0 Å². The lowest BCUT2D eigenvalue weighted by atomic mass is 10.1. The Hall–Kier alpha value is -4.38. The number of nitro benzene ring substituents is 1. The standard InChI is InChI=1S/C23H17N3O7S/c1-33-18-10-13(9-17(21(18)28)26(31)32)11-19-22(29)25(23(30)34-19)12-20(27)24-16-8-4-6-14-5-2-3-7-15(14)16/h2-11,28H,12H2,1H3,(H,24,27)/b19-11+. The number of nitro groups is 1. The molecule has 0 aromatic heterocycles. The van der Waals surface area contributed by atoms with Crippen LogP contribution in [0.3, 0.4) is 0 Å². The number of hydrogen-bond acceptors (Lipinski definition) is 8. The van der Waals surface area contributed by atoms with Crippen molar-refractivity contribution in [2.75, 3.05) is 19.0 Å². The number of hydrogen-bond donors (Lipinski definition) is 2. The van der Waals surface area contributed by atoms with Gasteiger partial charge in [-0.15, -0.1) is 0 Å². The van der Waals surface area contributed by atoms with Crippen molar-refractivity contribution >= 4 is 57.0 Å². The first kappa shape index (κ1) is 22.8. The number of carbonyl (C=O) groups is 3. The number of carbonyl (C=O) groups excluding carboxylic acids is 3. The maximum atomic E-state index is 12.8. The minimum Gasteiger partial charge on any atom is -0.500 e. The number of phenols is 1. The van der Waals surface area contributed by atoms with Crippen molar-refractivity contribution < 1.29 is 29.2 Å². The summed E-state index contributed by atoms with van der Waals surface area (Å²) >= 11 is 0.605. The van der Waals surface area contributed by atoms with Crippen LogP contribution in [-0.4, -0.2) is 45.6 Å². The third kappa shape index (κ3) is 4.41. The average Bonchev–Trinajstić information content (AvgIpc) is 3.07. The maximum absolute atomic E-state index is 12.8. The molecule has 2 N–H and O–H groups in total. The summed E-state index contributed by atoms with van der Waals surface area (Å²) in [6, 6.07) is 15.2. The van der Waals surface area contributed by atoms with Crippen molar-refractivity contribution in [3.05, 3.63) is 75.2 Å². The number of methoxy groups -OCH3 is 1. The topological polar surface area (TPSA) is 139 Å². The Balaban J connectivity index is 1.54. The molecule has 0 spiro atoms. The molecule has 3 aromatic rings. The highest BCUT2D eigenvalue weighted by Crippen LogP contribution is 2.39. The van der Waals surface area contributed by atoms with Gasteiger partial charge in [0, 0.05) is 17.1 Å². The summed E-state index contributed by atoms with van der Waals surface area (Å²) in [6.45, 7) is -0.496. The summed E-state index contributed by atoms with van der Waals surface area (Å²) in [4.78, 5) is 49.0. The monoisotopic (exact) mass is 479 g/mol. The summed E-state index contributed by atoms with van der Waals surface area (Å²) in [7, 11) is 1.23. The van der Waals surface area contributed by atoms with Crippen molar-refractivity contribution in [1.82, 2.24) is 4.90 Å². The van der Waals surface area contributed by atoms with Crippen molar-refractivity contribution in [3.63, 3.8) is 0 Å². The number of anilines is 1. The van der Waals surface area contributed by atoms with E-state index in [1.807, 2.05) is 30.3 Å². The zero-order valence-electron chi connectivity index (χ0n) is 17.7. The Morgan fingerprint density at radius 3 is 2.68 bits per heavy atom. The molecular weight excluding hydrogens is 462 g/mol. The Morgan fingerprint density at radius 2 is 1.94 bits per heavy atom. The zero-order chi connectivity index (χ0) is 24.4. The van der Waals surface area contributed by atoms with Crippen LogP contribution in [0.1, 0.15) is 5.56 Å². The lowest BCUT2D eigenvalue weighted by Gasteiger charge is -2.13. The van der Waals surface area contributed by atoms with E-state index in [2.05, 4.69) is 5.32 Å². The highest BCUT2D eigenvalue weighted by Gasteiger charge is 2.36. The normalized spacial score (nSPS) is 14.6. The summed E-state index contributed by atoms with van der Waals surface area (Å²) in [6.07, 6.45) is 1.27. The van der Waals surface area contributed by atoms with Gasteiger partial charge in [0.05, 0.1) is 16.9 Å². The van der Waals surface area contributed by atoms with E-state index in [-0.39, 0.29) is 16.2 Å². The zero-order valence-corrected chi connectivity index (χ0v) is 18.5. The molecule has 172 valence electrons. The van der Waals surface area contributed by atoms with Gasteiger partial charge >= 0.3 is 5.69 Å². The van der Waals surface area contributed by atoms with Gasteiger partial charge in [-0.25, -0.2) is 0 Å². The van der Waals surface area contributed by atoms with Gasteiger partial charge in [-0.1, -0.05) is 36.4 Å². The van der Waals surface area contributed by atoms with Crippen LogP contribution in [0.25, 0.3) is 16.8 Å². The molecule has 3 aromatic carbocycles. The number of nitrogens with zero attached hydrogens (tertiary/aromatic N) is 2. The number of aromatic hydroxyl groups is 1. The van der Waals surface area contributed by atoms with Crippen LogP contribution in [0.4, 0.5) is 16.2 Å². The van der Waals surface area contributed by atoms with E-state index in [9.17, 15) is 29.6 Å². The van der Waals surface area contributed by atoms with Crippen LogP contribution >= 0.6 is 11.8 Å². The minimum absolute atomic E-state index is 0.0231. The maximum Gasteiger partial charge on any atom is 0.315 e. The van der Waals surface area contributed by atoms with Crippen molar-refractivity contribution in [2.24, 2.45) is 0 Å². The van der Waals surface area contributed by atoms with Gasteiger partial charge in [-0.2, -0.15) is 0 Å². The summed E-state index contributed by atoms with van der Waals surface area (Å²) in [5.74, 6) is -2.07. The first-order valence-electron chi connectivity index (χ1n) is 9.87. The highest BCUT2D eigenvalue weighted by molar-refractivity contribution is 8.18. The number of phenolic OH excluding ortho intramolecular Hbond substituents is 1. The van der Waals surface area contributed by atoms with Gasteiger partial charge < -0.3 is 15.2 Å². The van der Waals surface area contributed by atoms with Crippen LogP contribution in [0, 0.1) is 10.1 Å². The average molecular weight is 479 g/mol. The molecule has 1 saturated heterocycles. The molecule has 0 aliphatic carbocycles. The number of benzene rings is 3. The van der Waals surface area contributed by atoms with Crippen molar-refractivity contribution in [3.8, 4) is 11.5 Å². The molecule has 0 atom stereocenters. The van der Waals surface area contributed by atoms with Crippen LogP contribution in [0.5, 0.6) is 11.5 Å². The SMILES string of the molecule is COc1cc(/C=C2/SC(=O)N(CC(=O)Nc3cccc4ccccc34)C2=O)cc([N+](=O)[O-])c1O. The number of fused-ring (bicyclic) bond motifs is 1. The molecule has 11 heteroatoms. The lowest BCUT2D eigenvalue weighted by Crippen LogP contribution is -2.36. The molecule has 0 saturated carbocycles. The Labute approximate surface area is 197 Å². The van der Waals surface area contributed by atoms with Gasteiger partial charge in [-0.05, 0) is 40.9 Å². The number of nitrogens with one attached hydrogen (secondary N) is 1. The fraction of sp³-hybridized carbons (Fsp3) is 0.0870. The van der Waals surface area contributed by atoms with E-state index in [4.69, 9.17) is 4.74 Å². The quantitative estimate of drug-likeness (QED) is 0.306. The number of rotatable bonds is 6. The van der Waals surface area contributed by atoms with Gasteiger partial charge in [0.25, 0.3) is 11.1 Å². The van der Waals surface area contributed by atoms with E-state index >= 15 is 0 Å². The predicted octanol–water partition coefficient (Wildman–Crippen LogP) is 4.14. The highest BCUT2D eigenvalue weighted by atomic mass is 32.2. The molecule has 0 unspecified atom stereocenters. The molecule has 34 heavy (non-hydrogen) atoms. The molecule has 3 amide bonds. The fourth-order valence-corrected chi connectivity index (χ4v) is 4.29. The molecular formula is C23H17N3O7S. The Morgan fingerprint density at radius 1 is 1.21 bits per heavy atom. The third-order valence-electron chi connectivity index (χ3n) is 5.03. The van der Waals surface area contributed by atoms with Crippen molar-refractivity contribution in [1.29, 1.82) is 0 Å². The molecule has 1 heterocycles. The molecule has 0 radical (unpaired) electrons. The van der Waals surface area contributed by atoms with Crippen LogP contribution in [0.2, 0.25) is 0 Å². The van der Waals surface area contributed by atoms with Gasteiger partial charge in [0.2, 0.25) is 11.7 Å². The summed E-state index contributed by atoms with van der Waals surface area (Å²) in [5.41, 5.74) is 0.112. The van der Waals surface area contributed by atoms with Gasteiger partial charge in [0.1, 0.15) is 6.54 Å².